The maximum atomic E-state index is 13.0. The van der Waals surface area contributed by atoms with E-state index in [2.05, 4.69) is 12.1 Å². The highest BCUT2D eigenvalue weighted by molar-refractivity contribution is 5.95. The van der Waals surface area contributed by atoms with Crippen LogP contribution in [0.3, 0.4) is 0 Å². The number of benzene rings is 2. The Bertz CT molecular complexity index is 937. The number of non-ortho nitro benzene ring substituents is 1. The van der Waals surface area contributed by atoms with Crippen LogP contribution in [-0.2, 0) is 9.53 Å². The molecule has 0 unspecified atom stereocenters. The quantitative estimate of drug-likeness (QED) is 0.399. The lowest BCUT2D eigenvalue weighted by Crippen LogP contribution is -2.30. The van der Waals surface area contributed by atoms with Crippen LogP contribution in [0.1, 0.15) is 44.2 Å². The number of carbonyl (C=O) groups is 1. The van der Waals surface area contributed by atoms with Gasteiger partial charge in [-0.3, -0.25) is 10.1 Å². The first kappa shape index (κ1) is 19.2. The number of nitro benzene ring substituents is 1. The van der Waals surface area contributed by atoms with Crippen LogP contribution in [0.25, 0.3) is 0 Å². The number of nitrogens with zero attached hydrogens (tertiary/aromatic N) is 2. The van der Waals surface area contributed by atoms with Crippen molar-refractivity contribution in [3.63, 3.8) is 0 Å². The fourth-order valence-corrected chi connectivity index (χ4v) is 4.64. The van der Waals surface area contributed by atoms with Crippen LogP contribution in [0.2, 0.25) is 0 Å². The zero-order valence-corrected chi connectivity index (χ0v) is 16.4. The second-order valence-electron chi connectivity index (χ2n) is 7.45. The molecule has 1 fully saturated rings. The van der Waals surface area contributed by atoms with E-state index in [4.69, 9.17) is 4.74 Å². The Balaban J connectivity index is 1.86. The number of nitro groups is 1. The van der Waals surface area contributed by atoms with Crippen LogP contribution in [-0.4, -0.2) is 17.5 Å². The van der Waals surface area contributed by atoms with Gasteiger partial charge in [0.05, 0.1) is 17.6 Å². The van der Waals surface area contributed by atoms with Gasteiger partial charge in [0, 0.05) is 23.7 Å². The third-order valence-corrected chi connectivity index (χ3v) is 5.81. The summed E-state index contributed by atoms with van der Waals surface area (Å²) in [5, 5.41) is 11.1. The predicted octanol–water partition coefficient (Wildman–Crippen LogP) is 5.16. The van der Waals surface area contributed by atoms with Gasteiger partial charge in [0.15, 0.2) is 0 Å². The maximum Gasteiger partial charge on any atom is 0.354 e. The van der Waals surface area contributed by atoms with E-state index in [1.54, 1.807) is 19.1 Å². The minimum Gasteiger partial charge on any atom is -0.461 e. The lowest BCUT2D eigenvalue weighted by atomic mass is 9.79. The van der Waals surface area contributed by atoms with Crippen molar-refractivity contribution in [2.45, 2.75) is 38.6 Å². The number of anilines is 1. The highest BCUT2D eigenvalue weighted by Crippen LogP contribution is 2.52. The first-order valence-electron chi connectivity index (χ1n) is 10.1. The Morgan fingerprint density at radius 2 is 1.86 bits per heavy atom. The van der Waals surface area contributed by atoms with Gasteiger partial charge in [0.1, 0.15) is 5.70 Å². The van der Waals surface area contributed by atoms with E-state index in [0.717, 1.165) is 42.5 Å². The average molecular weight is 392 g/mol. The van der Waals surface area contributed by atoms with Crippen molar-refractivity contribution in [2.75, 3.05) is 11.5 Å². The number of ether oxygens (including phenoxy) is 1. The molecule has 2 atom stereocenters. The molecule has 2 aromatic carbocycles. The van der Waals surface area contributed by atoms with Gasteiger partial charge >= 0.3 is 5.97 Å². The standard InChI is InChI=1S/C23H24N2O4/c1-2-29-23(26)22-20-11-7-6-10-19(20)21(16-8-4-3-5-9-16)24(22)17-12-14-18(15-13-17)25(27)28/h3-5,8-9,12-15,19,21H,2,6-7,10-11H2,1H3/t19-,21-/m1/s1. The normalized spacial score (nSPS) is 21.1. The number of rotatable bonds is 5. The number of carbonyl (C=O) groups excluding carboxylic acids is 1. The van der Waals surface area contributed by atoms with Crippen molar-refractivity contribution in [1.29, 1.82) is 0 Å². The van der Waals surface area contributed by atoms with E-state index in [1.807, 2.05) is 23.1 Å². The molecular formula is C23H24N2O4. The van der Waals surface area contributed by atoms with Crippen molar-refractivity contribution in [2.24, 2.45) is 5.92 Å². The van der Waals surface area contributed by atoms with Gasteiger partial charge in [0.2, 0.25) is 0 Å². The fraction of sp³-hybridized carbons (Fsp3) is 0.348. The van der Waals surface area contributed by atoms with Crippen LogP contribution >= 0.6 is 0 Å². The molecule has 150 valence electrons. The minimum atomic E-state index is -0.410. The van der Waals surface area contributed by atoms with Crippen LogP contribution < -0.4 is 4.90 Å². The molecule has 2 aromatic rings. The number of fused-ring (bicyclic) bond motifs is 1. The highest BCUT2D eigenvalue weighted by atomic mass is 16.6. The maximum absolute atomic E-state index is 13.0. The molecule has 6 heteroatoms. The third kappa shape index (κ3) is 3.50. The summed E-state index contributed by atoms with van der Waals surface area (Å²) < 4.78 is 5.43. The van der Waals surface area contributed by atoms with Gasteiger partial charge < -0.3 is 9.64 Å². The fourth-order valence-electron chi connectivity index (χ4n) is 4.64. The number of hydrogen-bond donors (Lipinski definition) is 0. The second kappa shape index (κ2) is 8.07. The Labute approximate surface area is 169 Å². The molecule has 0 aromatic heterocycles. The van der Waals surface area contributed by atoms with Crippen LogP contribution in [0.15, 0.2) is 65.9 Å². The molecule has 29 heavy (non-hydrogen) atoms. The molecule has 0 bridgehead atoms. The molecule has 2 aliphatic rings. The Hall–Kier alpha value is -3.15. The largest absolute Gasteiger partial charge is 0.461 e. The summed E-state index contributed by atoms with van der Waals surface area (Å²) in [6, 6.07) is 16.6. The molecule has 1 aliphatic heterocycles. The predicted molar refractivity (Wildman–Crippen MR) is 110 cm³/mol. The zero-order chi connectivity index (χ0) is 20.4. The third-order valence-electron chi connectivity index (χ3n) is 5.81. The molecule has 0 N–H and O–H groups in total. The van der Waals surface area contributed by atoms with Gasteiger partial charge in [-0.2, -0.15) is 0 Å². The topological polar surface area (TPSA) is 72.7 Å². The SMILES string of the molecule is CCOC(=O)C1=C2CCCC[C@H]2[C@@H](c2ccccc2)N1c1ccc([N+](=O)[O-])cc1. The zero-order valence-electron chi connectivity index (χ0n) is 16.4. The molecule has 1 aliphatic carbocycles. The van der Waals surface area contributed by atoms with E-state index >= 15 is 0 Å². The Morgan fingerprint density at radius 3 is 2.52 bits per heavy atom. The number of esters is 1. The first-order valence-corrected chi connectivity index (χ1v) is 10.1. The summed E-state index contributed by atoms with van der Waals surface area (Å²) in [6.07, 6.45) is 4.08. The molecule has 4 rings (SSSR count). The van der Waals surface area contributed by atoms with Gasteiger partial charge in [0.25, 0.3) is 5.69 Å². The molecule has 0 amide bonds. The second-order valence-corrected chi connectivity index (χ2v) is 7.45. The van der Waals surface area contributed by atoms with E-state index in [1.165, 1.54) is 12.1 Å². The van der Waals surface area contributed by atoms with Crippen molar-refractivity contribution in [1.82, 2.24) is 0 Å². The lowest BCUT2D eigenvalue weighted by Gasteiger charge is -2.33. The summed E-state index contributed by atoms with van der Waals surface area (Å²) in [7, 11) is 0. The minimum absolute atomic E-state index is 0.0210. The van der Waals surface area contributed by atoms with E-state index in [-0.39, 0.29) is 23.6 Å². The smallest absolute Gasteiger partial charge is 0.354 e. The van der Waals surface area contributed by atoms with Gasteiger partial charge in [-0.25, -0.2) is 4.79 Å². The van der Waals surface area contributed by atoms with E-state index < -0.39 is 4.92 Å². The molecule has 1 saturated carbocycles. The van der Waals surface area contributed by atoms with Crippen LogP contribution in [0.4, 0.5) is 11.4 Å². The average Bonchev–Trinajstić information content (AvgIpc) is 3.10. The van der Waals surface area contributed by atoms with E-state index in [0.29, 0.717) is 12.3 Å². The first-order chi connectivity index (χ1) is 14.1. The molecule has 0 radical (unpaired) electrons. The lowest BCUT2D eigenvalue weighted by molar-refractivity contribution is -0.384. The summed E-state index contributed by atoms with van der Waals surface area (Å²) >= 11 is 0. The van der Waals surface area contributed by atoms with Gasteiger partial charge in [-0.1, -0.05) is 36.8 Å². The highest BCUT2D eigenvalue weighted by Gasteiger charge is 2.45. The van der Waals surface area contributed by atoms with Crippen molar-refractivity contribution >= 4 is 17.3 Å². The molecule has 6 nitrogen and oxygen atoms in total. The summed E-state index contributed by atoms with van der Waals surface area (Å²) in [4.78, 5) is 25.7. The van der Waals surface area contributed by atoms with Crippen molar-refractivity contribution < 1.29 is 14.5 Å². The van der Waals surface area contributed by atoms with E-state index in [9.17, 15) is 14.9 Å². The monoisotopic (exact) mass is 392 g/mol. The van der Waals surface area contributed by atoms with Crippen molar-refractivity contribution in [3.8, 4) is 0 Å². The summed E-state index contributed by atoms with van der Waals surface area (Å²) in [5.41, 5.74) is 3.71. The molecule has 0 saturated heterocycles. The Morgan fingerprint density at radius 1 is 1.14 bits per heavy atom. The molecule has 0 spiro atoms. The van der Waals surface area contributed by atoms with Gasteiger partial charge in [-0.15, -0.1) is 0 Å². The van der Waals surface area contributed by atoms with Gasteiger partial charge in [-0.05, 0) is 49.5 Å². The summed E-state index contributed by atoms with van der Waals surface area (Å²) in [5.74, 6) is -0.0769. The Kier molecular flexibility index (Phi) is 5.34. The van der Waals surface area contributed by atoms with Crippen molar-refractivity contribution in [3.05, 3.63) is 81.5 Å². The van der Waals surface area contributed by atoms with Crippen LogP contribution in [0.5, 0.6) is 0 Å². The summed E-state index contributed by atoms with van der Waals surface area (Å²) in [6.45, 7) is 2.12. The number of hydrogen-bond acceptors (Lipinski definition) is 5. The molecule has 1 heterocycles. The van der Waals surface area contributed by atoms with Crippen LogP contribution in [0, 0.1) is 16.0 Å². The molecular weight excluding hydrogens is 368 g/mol.